The molecular weight excluding hydrogens is 292 g/mol. The number of hydrogen-bond acceptors (Lipinski definition) is 4. The summed E-state index contributed by atoms with van der Waals surface area (Å²) in [5.41, 5.74) is -0.277. The first-order chi connectivity index (χ1) is 10.9. The predicted octanol–water partition coefficient (Wildman–Crippen LogP) is 3.78. The minimum absolute atomic E-state index is 0.0538. The summed E-state index contributed by atoms with van der Waals surface area (Å²) in [5, 5.41) is 0. The summed E-state index contributed by atoms with van der Waals surface area (Å²) in [6.45, 7) is 10.4. The highest BCUT2D eigenvalue weighted by atomic mass is 16.7. The van der Waals surface area contributed by atoms with Crippen LogP contribution in [0.5, 0.6) is 0 Å². The van der Waals surface area contributed by atoms with Crippen molar-refractivity contribution in [1.82, 2.24) is 0 Å². The first-order valence-electron chi connectivity index (χ1n) is 9.31. The van der Waals surface area contributed by atoms with Crippen molar-refractivity contribution in [3.8, 4) is 0 Å². The average molecular weight is 324 g/mol. The molecule has 2 aliphatic carbocycles. The molecule has 0 aromatic carbocycles. The van der Waals surface area contributed by atoms with Crippen molar-refractivity contribution in [1.29, 1.82) is 0 Å². The molecule has 7 unspecified atom stereocenters. The lowest BCUT2D eigenvalue weighted by Gasteiger charge is -2.32. The van der Waals surface area contributed by atoms with Crippen molar-refractivity contribution in [3.05, 3.63) is 0 Å². The molecule has 3 rings (SSSR count). The zero-order valence-electron chi connectivity index (χ0n) is 15.2. The van der Waals surface area contributed by atoms with Crippen LogP contribution in [0.4, 0.5) is 0 Å². The second-order valence-corrected chi connectivity index (χ2v) is 8.52. The van der Waals surface area contributed by atoms with Gasteiger partial charge in [0.15, 0.2) is 6.79 Å². The van der Waals surface area contributed by atoms with Gasteiger partial charge in [0.05, 0.1) is 23.7 Å². The van der Waals surface area contributed by atoms with Crippen LogP contribution in [0.1, 0.15) is 60.3 Å². The van der Waals surface area contributed by atoms with Crippen LogP contribution in [-0.2, 0) is 19.0 Å². The van der Waals surface area contributed by atoms with Crippen LogP contribution < -0.4 is 0 Å². The van der Waals surface area contributed by atoms with E-state index in [2.05, 4.69) is 13.8 Å². The molecule has 7 atom stereocenters. The van der Waals surface area contributed by atoms with Crippen molar-refractivity contribution in [3.63, 3.8) is 0 Å². The third-order valence-corrected chi connectivity index (χ3v) is 6.14. The van der Waals surface area contributed by atoms with Gasteiger partial charge in [0.25, 0.3) is 0 Å². The Bertz CT molecular complexity index is 441. The van der Waals surface area contributed by atoms with Gasteiger partial charge in [-0.25, -0.2) is 0 Å². The summed E-state index contributed by atoms with van der Waals surface area (Å²) in [5.74, 6) is 2.32. The molecule has 0 aromatic rings. The third-order valence-electron chi connectivity index (χ3n) is 6.14. The van der Waals surface area contributed by atoms with E-state index in [-0.39, 0.29) is 24.3 Å². The van der Waals surface area contributed by atoms with E-state index in [0.29, 0.717) is 35.9 Å². The molecule has 23 heavy (non-hydrogen) atoms. The maximum Gasteiger partial charge on any atom is 0.311 e. The van der Waals surface area contributed by atoms with Crippen LogP contribution in [0.25, 0.3) is 0 Å². The van der Waals surface area contributed by atoms with E-state index < -0.39 is 0 Å². The van der Waals surface area contributed by atoms with Crippen LogP contribution in [0.3, 0.4) is 0 Å². The molecule has 0 radical (unpaired) electrons. The van der Waals surface area contributed by atoms with Crippen LogP contribution in [0, 0.1) is 29.6 Å². The Morgan fingerprint density at radius 1 is 1.09 bits per heavy atom. The number of hydrogen-bond donors (Lipinski definition) is 0. The van der Waals surface area contributed by atoms with E-state index in [1.807, 2.05) is 20.8 Å². The number of esters is 1. The van der Waals surface area contributed by atoms with Crippen molar-refractivity contribution < 1.29 is 19.0 Å². The fourth-order valence-electron chi connectivity index (χ4n) is 5.31. The molecule has 3 aliphatic rings. The van der Waals surface area contributed by atoms with E-state index in [0.717, 1.165) is 19.3 Å². The summed E-state index contributed by atoms with van der Waals surface area (Å²) in [7, 11) is 0. The largest absolute Gasteiger partial charge is 0.438 e. The summed E-state index contributed by atoms with van der Waals surface area (Å²) in [6.07, 6.45) is 5.05. The van der Waals surface area contributed by atoms with E-state index in [1.165, 1.54) is 6.42 Å². The SMILES string of the molecule is CCC1OC(CC)C2C3CC(CC3C(=O)OCOC(C)(C)C)C12. The number of carbonyl (C=O) groups excluding carboxylic acids is 1. The average Bonchev–Trinajstić information content (AvgIpc) is 3.15. The van der Waals surface area contributed by atoms with Gasteiger partial charge in [-0.15, -0.1) is 0 Å². The molecule has 3 fully saturated rings. The summed E-state index contributed by atoms with van der Waals surface area (Å²) >= 11 is 0. The minimum Gasteiger partial charge on any atom is -0.438 e. The van der Waals surface area contributed by atoms with Gasteiger partial charge in [-0.05, 0) is 70.1 Å². The smallest absolute Gasteiger partial charge is 0.311 e. The predicted molar refractivity (Wildman–Crippen MR) is 87.7 cm³/mol. The fourth-order valence-corrected chi connectivity index (χ4v) is 5.31. The Morgan fingerprint density at radius 3 is 2.35 bits per heavy atom. The quantitative estimate of drug-likeness (QED) is 0.570. The number of ether oxygens (including phenoxy) is 3. The van der Waals surface area contributed by atoms with Crippen molar-refractivity contribution in [2.75, 3.05) is 6.79 Å². The topological polar surface area (TPSA) is 44.8 Å². The highest BCUT2D eigenvalue weighted by molar-refractivity contribution is 5.73. The standard InChI is InChI=1S/C19H32O4/c1-6-14-16-11-8-12(17(16)15(7-2)23-14)13(9-11)18(20)21-10-22-19(3,4)5/h11-17H,6-10H2,1-5H3. The van der Waals surface area contributed by atoms with E-state index >= 15 is 0 Å². The zero-order chi connectivity index (χ0) is 16.8. The van der Waals surface area contributed by atoms with E-state index in [1.54, 1.807) is 0 Å². The lowest BCUT2D eigenvalue weighted by Crippen LogP contribution is -2.37. The van der Waals surface area contributed by atoms with Crippen molar-refractivity contribution in [2.24, 2.45) is 29.6 Å². The molecule has 0 amide bonds. The summed E-state index contributed by atoms with van der Waals surface area (Å²) in [6, 6.07) is 0. The monoisotopic (exact) mass is 324 g/mol. The van der Waals surface area contributed by atoms with Gasteiger partial charge in [-0.3, -0.25) is 4.79 Å². The minimum atomic E-state index is -0.277. The number of rotatable bonds is 5. The first-order valence-corrected chi connectivity index (χ1v) is 9.31. The first kappa shape index (κ1) is 17.2. The molecule has 132 valence electrons. The van der Waals surface area contributed by atoms with Gasteiger partial charge in [-0.1, -0.05) is 13.8 Å². The van der Waals surface area contributed by atoms with Crippen LogP contribution in [0.2, 0.25) is 0 Å². The molecule has 1 heterocycles. The van der Waals surface area contributed by atoms with Gasteiger partial charge in [-0.2, -0.15) is 0 Å². The van der Waals surface area contributed by atoms with Crippen LogP contribution in [0.15, 0.2) is 0 Å². The number of carbonyl (C=O) groups is 1. The lowest BCUT2D eigenvalue weighted by molar-refractivity contribution is -0.174. The molecule has 0 spiro atoms. The Kier molecular flexibility index (Phi) is 4.76. The Labute approximate surface area is 140 Å². The molecule has 0 N–H and O–H groups in total. The fraction of sp³-hybridized carbons (Fsp3) is 0.947. The molecule has 4 nitrogen and oxygen atoms in total. The molecule has 2 bridgehead atoms. The van der Waals surface area contributed by atoms with Crippen LogP contribution >= 0.6 is 0 Å². The van der Waals surface area contributed by atoms with Gasteiger partial charge in [0, 0.05) is 0 Å². The van der Waals surface area contributed by atoms with E-state index in [4.69, 9.17) is 14.2 Å². The highest BCUT2D eigenvalue weighted by Crippen LogP contribution is 2.62. The third kappa shape index (κ3) is 3.17. The van der Waals surface area contributed by atoms with Crippen molar-refractivity contribution in [2.45, 2.75) is 78.1 Å². The van der Waals surface area contributed by atoms with Crippen molar-refractivity contribution >= 4 is 5.97 Å². The second-order valence-electron chi connectivity index (χ2n) is 8.52. The van der Waals surface area contributed by atoms with Gasteiger partial charge in [0.2, 0.25) is 0 Å². The zero-order valence-corrected chi connectivity index (χ0v) is 15.2. The molecule has 1 aliphatic heterocycles. The molecule has 0 aromatic heterocycles. The normalized spacial score (nSPS) is 42.0. The van der Waals surface area contributed by atoms with Gasteiger partial charge >= 0.3 is 5.97 Å². The highest BCUT2D eigenvalue weighted by Gasteiger charge is 2.62. The second kappa shape index (κ2) is 6.36. The van der Waals surface area contributed by atoms with Gasteiger partial charge in [0.1, 0.15) is 0 Å². The summed E-state index contributed by atoms with van der Waals surface area (Å²) in [4.78, 5) is 12.5. The Hall–Kier alpha value is -0.610. The Morgan fingerprint density at radius 2 is 1.74 bits per heavy atom. The molecular formula is C19H32O4. The number of fused-ring (bicyclic) bond motifs is 5. The van der Waals surface area contributed by atoms with Gasteiger partial charge < -0.3 is 14.2 Å². The molecule has 2 saturated carbocycles. The van der Waals surface area contributed by atoms with Crippen LogP contribution in [-0.4, -0.2) is 30.6 Å². The maximum atomic E-state index is 12.5. The van der Waals surface area contributed by atoms with E-state index in [9.17, 15) is 4.79 Å². The Balaban J connectivity index is 1.62. The summed E-state index contributed by atoms with van der Waals surface area (Å²) < 4.78 is 17.2. The maximum absolute atomic E-state index is 12.5. The molecule has 4 heteroatoms. The lowest BCUT2D eigenvalue weighted by atomic mass is 9.70. The molecule has 1 saturated heterocycles.